The second-order valence-corrected chi connectivity index (χ2v) is 6.32. The number of hydrogen-bond acceptors (Lipinski definition) is 4. The third-order valence-electron chi connectivity index (χ3n) is 4.11. The summed E-state index contributed by atoms with van der Waals surface area (Å²) in [4.78, 5) is 4.47. The highest BCUT2D eigenvalue weighted by Crippen LogP contribution is 2.39. The van der Waals surface area contributed by atoms with Gasteiger partial charge in [-0.25, -0.2) is 0 Å². The van der Waals surface area contributed by atoms with Crippen molar-refractivity contribution < 1.29 is 9.63 Å². The molecule has 2 unspecified atom stereocenters. The Labute approximate surface area is 126 Å². The third kappa shape index (κ3) is 2.59. The Morgan fingerprint density at radius 2 is 2.25 bits per heavy atom. The Hall–Kier alpha value is -1.36. The summed E-state index contributed by atoms with van der Waals surface area (Å²) in [6, 6.07) is 5.18. The van der Waals surface area contributed by atoms with Crippen LogP contribution in [0.2, 0.25) is 0 Å². The van der Waals surface area contributed by atoms with Crippen molar-refractivity contribution in [2.75, 3.05) is 0 Å². The zero-order chi connectivity index (χ0) is 14.1. The molecular weight excluding hydrogens is 320 g/mol. The first-order valence-corrected chi connectivity index (χ1v) is 7.79. The SMILES string of the molecule is CCC1CCC(c2noc(-c3cc(Br)ccc3O)n2)C1. The predicted octanol–water partition coefficient (Wildman–Crippen LogP) is 4.50. The summed E-state index contributed by atoms with van der Waals surface area (Å²) in [7, 11) is 0. The fraction of sp³-hybridized carbons (Fsp3) is 0.467. The van der Waals surface area contributed by atoms with Crippen molar-refractivity contribution in [2.45, 2.75) is 38.5 Å². The van der Waals surface area contributed by atoms with Crippen molar-refractivity contribution in [3.8, 4) is 17.2 Å². The molecule has 0 bridgehead atoms. The van der Waals surface area contributed by atoms with E-state index in [-0.39, 0.29) is 5.75 Å². The van der Waals surface area contributed by atoms with Crippen LogP contribution >= 0.6 is 15.9 Å². The van der Waals surface area contributed by atoms with E-state index in [1.54, 1.807) is 18.2 Å². The Kier molecular flexibility index (Phi) is 3.78. The maximum absolute atomic E-state index is 9.89. The van der Waals surface area contributed by atoms with E-state index in [9.17, 15) is 5.11 Å². The summed E-state index contributed by atoms with van der Waals surface area (Å²) in [5, 5.41) is 14.0. The fourth-order valence-electron chi connectivity index (χ4n) is 2.87. The molecule has 0 aliphatic heterocycles. The van der Waals surface area contributed by atoms with Crippen LogP contribution in [0, 0.1) is 5.92 Å². The van der Waals surface area contributed by atoms with Gasteiger partial charge in [0.15, 0.2) is 5.82 Å². The minimum Gasteiger partial charge on any atom is -0.507 e. The first-order valence-electron chi connectivity index (χ1n) is 7.00. The van der Waals surface area contributed by atoms with E-state index in [4.69, 9.17) is 4.52 Å². The number of hydrogen-bond donors (Lipinski definition) is 1. The number of halogens is 1. The summed E-state index contributed by atoms with van der Waals surface area (Å²) < 4.78 is 6.20. The molecule has 1 N–H and O–H groups in total. The summed E-state index contributed by atoms with van der Waals surface area (Å²) in [6.07, 6.45) is 4.72. The zero-order valence-corrected chi connectivity index (χ0v) is 12.9. The van der Waals surface area contributed by atoms with E-state index < -0.39 is 0 Å². The number of nitrogens with zero attached hydrogens (tertiary/aromatic N) is 2. The van der Waals surface area contributed by atoms with Gasteiger partial charge >= 0.3 is 0 Å². The maximum atomic E-state index is 9.89. The highest BCUT2D eigenvalue weighted by molar-refractivity contribution is 9.10. The van der Waals surface area contributed by atoms with Crippen molar-refractivity contribution in [1.82, 2.24) is 10.1 Å². The topological polar surface area (TPSA) is 59.2 Å². The van der Waals surface area contributed by atoms with Crippen LogP contribution in [-0.4, -0.2) is 15.2 Å². The van der Waals surface area contributed by atoms with Crippen LogP contribution in [0.1, 0.15) is 44.3 Å². The highest BCUT2D eigenvalue weighted by Gasteiger charge is 2.28. The molecule has 4 nitrogen and oxygen atoms in total. The number of benzene rings is 1. The molecule has 1 fully saturated rings. The minimum absolute atomic E-state index is 0.154. The summed E-state index contributed by atoms with van der Waals surface area (Å²) in [5.74, 6) is 2.49. The number of aromatic nitrogens is 2. The Bertz CT molecular complexity index is 612. The van der Waals surface area contributed by atoms with Crippen LogP contribution in [0.3, 0.4) is 0 Å². The van der Waals surface area contributed by atoms with Crippen molar-refractivity contribution in [3.63, 3.8) is 0 Å². The fourth-order valence-corrected chi connectivity index (χ4v) is 3.23. The molecule has 5 heteroatoms. The largest absolute Gasteiger partial charge is 0.507 e. The van der Waals surface area contributed by atoms with Gasteiger partial charge in [-0.05, 0) is 43.4 Å². The van der Waals surface area contributed by atoms with Gasteiger partial charge in [0.25, 0.3) is 5.89 Å². The lowest BCUT2D eigenvalue weighted by molar-refractivity contribution is 0.410. The molecule has 1 aromatic carbocycles. The van der Waals surface area contributed by atoms with Crippen LogP contribution in [0.5, 0.6) is 5.75 Å². The Morgan fingerprint density at radius 3 is 3.00 bits per heavy atom. The number of aromatic hydroxyl groups is 1. The second-order valence-electron chi connectivity index (χ2n) is 5.40. The van der Waals surface area contributed by atoms with Gasteiger partial charge in [0.05, 0.1) is 5.56 Å². The van der Waals surface area contributed by atoms with Crippen LogP contribution in [-0.2, 0) is 0 Å². The lowest BCUT2D eigenvalue weighted by atomic mass is 10.0. The standard InChI is InChI=1S/C15H17BrN2O2/c1-2-9-3-4-10(7-9)14-17-15(20-18-14)12-8-11(16)5-6-13(12)19/h5-6,8-10,19H,2-4,7H2,1H3. The second kappa shape index (κ2) is 5.56. The quantitative estimate of drug-likeness (QED) is 0.896. The van der Waals surface area contributed by atoms with Crippen molar-refractivity contribution >= 4 is 15.9 Å². The molecule has 1 aliphatic carbocycles. The van der Waals surface area contributed by atoms with Gasteiger partial charge in [-0.3, -0.25) is 0 Å². The smallest absolute Gasteiger partial charge is 0.261 e. The van der Waals surface area contributed by atoms with Gasteiger partial charge in [-0.1, -0.05) is 34.4 Å². The van der Waals surface area contributed by atoms with Crippen LogP contribution in [0.15, 0.2) is 27.2 Å². The van der Waals surface area contributed by atoms with Gasteiger partial charge in [-0.15, -0.1) is 0 Å². The lowest BCUT2D eigenvalue weighted by Gasteiger charge is -2.04. The number of rotatable bonds is 3. The monoisotopic (exact) mass is 336 g/mol. The van der Waals surface area contributed by atoms with Gasteiger partial charge in [0.1, 0.15) is 5.75 Å². The molecule has 0 spiro atoms. The van der Waals surface area contributed by atoms with E-state index in [0.717, 1.165) is 29.1 Å². The van der Waals surface area contributed by atoms with Gasteiger partial charge in [0.2, 0.25) is 0 Å². The van der Waals surface area contributed by atoms with E-state index in [1.165, 1.54) is 12.8 Å². The minimum atomic E-state index is 0.154. The van der Waals surface area contributed by atoms with Crippen LogP contribution in [0.25, 0.3) is 11.5 Å². The van der Waals surface area contributed by atoms with Crippen molar-refractivity contribution in [1.29, 1.82) is 0 Å². The summed E-state index contributed by atoms with van der Waals surface area (Å²) in [6.45, 7) is 2.23. The normalized spacial score (nSPS) is 22.3. The lowest BCUT2D eigenvalue weighted by Crippen LogP contribution is -1.97. The molecular formula is C15H17BrN2O2. The zero-order valence-electron chi connectivity index (χ0n) is 11.3. The molecule has 0 radical (unpaired) electrons. The highest BCUT2D eigenvalue weighted by atomic mass is 79.9. The molecule has 2 aromatic rings. The summed E-state index contributed by atoms with van der Waals surface area (Å²) >= 11 is 3.38. The Balaban J connectivity index is 1.85. The first-order chi connectivity index (χ1) is 9.67. The molecule has 1 saturated carbocycles. The summed E-state index contributed by atoms with van der Waals surface area (Å²) in [5.41, 5.74) is 0.572. The number of phenols is 1. The molecule has 106 valence electrons. The van der Waals surface area contributed by atoms with Crippen LogP contribution < -0.4 is 0 Å². The molecule has 20 heavy (non-hydrogen) atoms. The molecule has 0 amide bonds. The molecule has 1 heterocycles. The van der Waals surface area contributed by atoms with E-state index >= 15 is 0 Å². The maximum Gasteiger partial charge on any atom is 0.261 e. The predicted molar refractivity (Wildman–Crippen MR) is 79.5 cm³/mol. The molecule has 1 aliphatic rings. The molecule has 2 atom stereocenters. The van der Waals surface area contributed by atoms with Gasteiger partial charge < -0.3 is 9.63 Å². The number of phenolic OH excluding ortho intramolecular Hbond substituents is 1. The molecule has 0 saturated heterocycles. The third-order valence-corrected chi connectivity index (χ3v) is 4.61. The first kappa shape index (κ1) is 13.6. The van der Waals surface area contributed by atoms with Crippen LogP contribution in [0.4, 0.5) is 0 Å². The van der Waals surface area contributed by atoms with E-state index in [0.29, 0.717) is 17.4 Å². The van der Waals surface area contributed by atoms with Crippen molar-refractivity contribution in [3.05, 3.63) is 28.5 Å². The van der Waals surface area contributed by atoms with Crippen molar-refractivity contribution in [2.24, 2.45) is 5.92 Å². The average molecular weight is 337 g/mol. The Morgan fingerprint density at radius 1 is 1.40 bits per heavy atom. The molecule has 1 aromatic heterocycles. The van der Waals surface area contributed by atoms with E-state index in [2.05, 4.69) is 33.0 Å². The van der Waals surface area contributed by atoms with E-state index in [1.807, 2.05) is 0 Å². The average Bonchev–Trinajstić information content (AvgIpc) is 3.09. The van der Waals surface area contributed by atoms with Gasteiger partial charge in [0, 0.05) is 10.4 Å². The van der Waals surface area contributed by atoms with Gasteiger partial charge in [-0.2, -0.15) is 4.98 Å². The molecule has 3 rings (SSSR count).